The summed E-state index contributed by atoms with van der Waals surface area (Å²) in [7, 11) is 0. The molecule has 0 spiro atoms. The molecule has 0 aliphatic rings. The summed E-state index contributed by atoms with van der Waals surface area (Å²) < 4.78 is 25.9. The van der Waals surface area contributed by atoms with Crippen LogP contribution in [0.1, 0.15) is 5.56 Å². The standard InChI is InChI=1S/C13H8Cl2F2N2O2/c14-9-4-8(19(20)21)5-10(15)13(9)18-6-7-1-2-11(16)12(17)3-7/h1-5,18H,6H2. The highest BCUT2D eigenvalue weighted by Crippen LogP contribution is 2.34. The largest absolute Gasteiger partial charge is 0.379 e. The van der Waals surface area contributed by atoms with Gasteiger partial charge in [0, 0.05) is 18.7 Å². The zero-order chi connectivity index (χ0) is 15.6. The second kappa shape index (κ2) is 6.24. The van der Waals surface area contributed by atoms with E-state index in [0.717, 1.165) is 24.3 Å². The average Bonchev–Trinajstić information content (AvgIpc) is 2.41. The molecule has 0 heterocycles. The Hall–Kier alpha value is -1.92. The number of anilines is 1. The van der Waals surface area contributed by atoms with Crippen LogP contribution in [0.15, 0.2) is 30.3 Å². The molecular formula is C13H8Cl2F2N2O2. The SMILES string of the molecule is O=[N+]([O-])c1cc(Cl)c(NCc2ccc(F)c(F)c2)c(Cl)c1. The molecule has 110 valence electrons. The van der Waals surface area contributed by atoms with Crippen molar-refractivity contribution in [2.75, 3.05) is 5.32 Å². The van der Waals surface area contributed by atoms with Gasteiger partial charge in [-0.1, -0.05) is 29.3 Å². The van der Waals surface area contributed by atoms with Gasteiger partial charge in [0.1, 0.15) is 0 Å². The fraction of sp³-hybridized carbons (Fsp3) is 0.0769. The van der Waals surface area contributed by atoms with Gasteiger partial charge in [-0.2, -0.15) is 0 Å². The average molecular weight is 333 g/mol. The molecule has 0 unspecified atom stereocenters. The number of hydrogen-bond donors (Lipinski definition) is 1. The van der Waals surface area contributed by atoms with Gasteiger partial charge < -0.3 is 5.32 Å². The Labute approximate surface area is 128 Å². The van der Waals surface area contributed by atoms with Gasteiger partial charge in [0.15, 0.2) is 11.6 Å². The minimum Gasteiger partial charge on any atom is -0.379 e. The van der Waals surface area contributed by atoms with E-state index in [0.29, 0.717) is 5.56 Å². The number of nitrogens with one attached hydrogen (secondary N) is 1. The van der Waals surface area contributed by atoms with E-state index in [1.165, 1.54) is 6.07 Å². The maximum absolute atomic E-state index is 13.1. The monoisotopic (exact) mass is 332 g/mol. The van der Waals surface area contributed by atoms with Crippen molar-refractivity contribution >= 4 is 34.6 Å². The zero-order valence-corrected chi connectivity index (χ0v) is 11.9. The van der Waals surface area contributed by atoms with Crippen LogP contribution in [-0.4, -0.2) is 4.92 Å². The lowest BCUT2D eigenvalue weighted by Gasteiger charge is -2.10. The van der Waals surface area contributed by atoms with Crippen molar-refractivity contribution in [3.05, 3.63) is 67.7 Å². The Balaban J connectivity index is 2.20. The van der Waals surface area contributed by atoms with Gasteiger partial charge in [-0.05, 0) is 17.7 Å². The second-order valence-electron chi connectivity index (χ2n) is 4.14. The molecule has 21 heavy (non-hydrogen) atoms. The van der Waals surface area contributed by atoms with Gasteiger partial charge in [0.25, 0.3) is 5.69 Å². The fourth-order valence-electron chi connectivity index (χ4n) is 1.67. The number of hydrogen-bond acceptors (Lipinski definition) is 3. The highest BCUT2D eigenvalue weighted by Gasteiger charge is 2.14. The molecular weight excluding hydrogens is 325 g/mol. The summed E-state index contributed by atoms with van der Waals surface area (Å²) in [4.78, 5) is 10.0. The highest BCUT2D eigenvalue weighted by atomic mass is 35.5. The number of rotatable bonds is 4. The third-order valence-corrected chi connectivity index (χ3v) is 3.29. The van der Waals surface area contributed by atoms with E-state index >= 15 is 0 Å². The molecule has 1 N–H and O–H groups in total. The minimum absolute atomic E-state index is 0.0665. The Bertz CT molecular complexity index is 688. The summed E-state index contributed by atoms with van der Waals surface area (Å²) >= 11 is 11.8. The van der Waals surface area contributed by atoms with Crippen LogP contribution in [0.5, 0.6) is 0 Å². The lowest BCUT2D eigenvalue weighted by Crippen LogP contribution is -2.02. The Kier molecular flexibility index (Phi) is 4.59. The Morgan fingerprint density at radius 3 is 2.24 bits per heavy atom. The van der Waals surface area contributed by atoms with Gasteiger partial charge in [0.05, 0.1) is 20.7 Å². The first-order valence-corrected chi connectivity index (χ1v) is 6.45. The van der Waals surface area contributed by atoms with Crippen molar-refractivity contribution < 1.29 is 13.7 Å². The first-order chi connectivity index (χ1) is 9.88. The molecule has 0 aromatic heterocycles. The van der Waals surface area contributed by atoms with E-state index in [2.05, 4.69) is 5.32 Å². The maximum Gasteiger partial charge on any atom is 0.272 e. The first-order valence-electron chi connectivity index (χ1n) is 5.69. The van der Waals surface area contributed by atoms with E-state index in [-0.39, 0.29) is 28.0 Å². The molecule has 0 bridgehead atoms. The van der Waals surface area contributed by atoms with Crippen molar-refractivity contribution in [1.29, 1.82) is 0 Å². The predicted octanol–water partition coefficient (Wildman–Crippen LogP) is 4.79. The molecule has 0 saturated heterocycles. The summed E-state index contributed by atoms with van der Waals surface area (Å²) in [5, 5.41) is 13.6. The van der Waals surface area contributed by atoms with Crippen molar-refractivity contribution in [3.63, 3.8) is 0 Å². The quantitative estimate of drug-likeness (QED) is 0.646. The summed E-state index contributed by atoms with van der Waals surface area (Å²) in [5.74, 6) is -1.90. The van der Waals surface area contributed by atoms with Crippen LogP contribution in [0, 0.1) is 21.7 Å². The predicted molar refractivity (Wildman–Crippen MR) is 76.8 cm³/mol. The molecule has 0 aliphatic heterocycles. The summed E-state index contributed by atoms with van der Waals surface area (Å²) in [5.41, 5.74) is 0.524. The van der Waals surface area contributed by atoms with E-state index in [9.17, 15) is 18.9 Å². The molecule has 0 fully saturated rings. The topological polar surface area (TPSA) is 55.2 Å². The highest BCUT2D eigenvalue weighted by molar-refractivity contribution is 6.39. The van der Waals surface area contributed by atoms with Crippen molar-refractivity contribution in [2.45, 2.75) is 6.54 Å². The van der Waals surface area contributed by atoms with Crippen molar-refractivity contribution in [3.8, 4) is 0 Å². The molecule has 0 amide bonds. The van der Waals surface area contributed by atoms with Crippen LogP contribution in [0.2, 0.25) is 10.0 Å². The van der Waals surface area contributed by atoms with Crippen LogP contribution in [0.4, 0.5) is 20.2 Å². The smallest absolute Gasteiger partial charge is 0.272 e. The summed E-state index contributed by atoms with van der Waals surface area (Å²) in [6.07, 6.45) is 0. The normalized spacial score (nSPS) is 10.5. The molecule has 0 radical (unpaired) electrons. The van der Waals surface area contributed by atoms with Crippen LogP contribution in [0.25, 0.3) is 0 Å². The summed E-state index contributed by atoms with van der Waals surface area (Å²) in [6.45, 7) is 0.133. The fourth-order valence-corrected chi connectivity index (χ4v) is 2.28. The molecule has 2 rings (SSSR count). The maximum atomic E-state index is 13.1. The van der Waals surface area contributed by atoms with Crippen molar-refractivity contribution in [2.24, 2.45) is 0 Å². The van der Waals surface area contributed by atoms with Crippen LogP contribution in [0.3, 0.4) is 0 Å². The number of non-ortho nitro benzene ring substituents is 1. The minimum atomic E-state index is -0.963. The Morgan fingerprint density at radius 1 is 1.10 bits per heavy atom. The zero-order valence-electron chi connectivity index (χ0n) is 10.4. The molecule has 4 nitrogen and oxygen atoms in total. The molecule has 0 saturated carbocycles. The van der Waals surface area contributed by atoms with E-state index in [4.69, 9.17) is 23.2 Å². The van der Waals surface area contributed by atoms with Gasteiger partial charge in [-0.3, -0.25) is 10.1 Å². The van der Waals surface area contributed by atoms with Crippen molar-refractivity contribution in [1.82, 2.24) is 0 Å². The molecule has 0 atom stereocenters. The number of benzene rings is 2. The number of nitro groups is 1. The van der Waals surface area contributed by atoms with Gasteiger partial charge in [0.2, 0.25) is 0 Å². The third kappa shape index (κ3) is 3.59. The lowest BCUT2D eigenvalue weighted by atomic mass is 10.2. The number of nitrogens with zero attached hydrogens (tertiary/aromatic N) is 1. The van der Waals surface area contributed by atoms with Gasteiger partial charge in [-0.15, -0.1) is 0 Å². The molecule has 8 heteroatoms. The van der Waals surface area contributed by atoms with Crippen LogP contribution >= 0.6 is 23.2 Å². The Morgan fingerprint density at radius 2 is 1.71 bits per heavy atom. The third-order valence-electron chi connectivity index (χ3n) is 2.69. The second-order valence-corrected chi connectivity index (χ2v) is 4.96. The van der Waals surface area contributed by atoms with Crippen LogP contribution < -0.4 is 5.32 Å². The molecule has 2 aromatic rings. The molecule has 0 aliphatic carbocycles. The van der Waals surface area contributed by atoms with Crippen LogP contribution in [-0.2, 0) is 6.54 Å². The summed E-state index contributed by atoms with van der Waals surface area (Å²) in [6, 6.07) is 5.75. The number of nitro benzene ring substituents is 1. The van der Waals surface area contributed by atoms with E-state index in [1.54, 1.807) is 0 Å². The van der Waals surface area contributed by atoms with Gasteiger partial charge >= 0.3 is 0 Å². The van der Waals surface area contributed by atoms with E-state index < -0.39 is 16.6 Å². The lowest BCUT2D eigenvalue weighted by molar-refractivity contribution is -0.384. The van der Waals surface area contributed by atoms with Gasteiger partial charge in [-0.25, -0.2) is 8.78 Å². The number of halogens is 4. The molecule has 2 aromatic carbocycles. The van der Waals surface area contributed by atoms with E-state index in [1.807, 2.05) is 0 Å². The first kappa shape index (κ1) is 15.5.